The van der Waals surface area contributed by atoms with E-state index in [0.717, 1.165) is 0 Å². The van der Waals surface area contributed by atoms with Crippen LogP contribution in [0.25, 0.3) is 0 Å². The van der Waals surface area contributed by atoms with E-state index in [1.54, 1.807) is 14.0 Å². The second kappa shape index (κ2) is 5.09. The van der Waals surface area contributed by atoms with Crippen molar-refractivity contribution in [1.29, 1.82) is 0 Å². The molecule has 0 bridgehead atoms. The Morgan fingerprint density at radius 2 is 2.11 bits per heavy atom. The van der Waals surface area contributed by atoms with E-state index >= 15 is 0 Å². The van der Waals surface area contributed by atoms with Gasteiger partial charge in [0.25, 0.3) is 0 Å². The molecule has 1 saturated heterocycles. The average molecular weight is 288 g/mol. The zero-order chi connectivity index (χ0) is 14.2. The van der Waals surface area contributed by atoms with Gasteiger partial charge in [0.15, 0.2) is 9.84 Å². The normalized spacial score (nSPS) is 27.5. The van der Waals surface area contributed by atoms with E-state index in [9.17, 15) is 13.2 Å². The zero-order valence-corrected chi connectivity index (χ0v) is 12.3. The Morgan fingerprint density at radius 1 is 1.42 bits per heavy atom. The lowest BCUT2D eigenvalue weighted by Crippen LogP contribution is -2.50. The molecule has 0 amide bonds. The van der Waals surface area contributed by atoms with Gasteiger partial charge in [-0.15, -0.1) is 0 Å². The molecule has 1 aliphatic rings. The Morgan fingerprint density at radius 3 is 2.63 bits per heavy atom. The number of aromatic amines is 1. The summed E-state index contributed by atoms with van der Waals surface area (Å²) in [5.74, 6) is 0.578. The first-order valence-electron chi connectivity index (χ1n) is 6.41. The van der Waals surface area contributed by atoms with E-state index in [1.165, 1.54) is 4.68 Å². The van der Waals surface area contributed by atoms with Gasteiger partial charge < -0.3 is 0 Å². The fraction of sp³-hybridized carbons (Fsp3) is 0.818. The fourth-order valence-corrected chi connectivity index (χ4v) is 4.45. The lowest BCUT2D eigenvalue weighted by Gasteiger charge is -2.35. The highest BCUT2D eigenvalue weighted by Crippen LogP contribution is 2.21. The SMILES string of the molecule is CCC1CN(Cc2nn(C)c(=O)[nH]2)CC(C)S1(=O)=O. The molecule has 19 heavy (non-hydrogen) atoms. The van der Waals surface area contributed by atoms with E-state index in [4.69, 9.17) is 0 Å². The Kier molecular flexibility index (Phi) is 3.82. The van der Waals surface area contributed by atoms with Crippen LogP contribution in [0.15, 0.2) is 4.79 Å². The highest BCUT2D eigenvalue weighted by molar-refractivity contribution is 7.92. The van der Waals surface area contributed by atoms with Gasteiger partial charge in [-0.3, -0.25) is 9.88 Å². The van der Waals surface area contributed by atoms with E-state index < -0.39 is 9.84 Å². The molecule has 0 spiro atoms. The third-order valence-electron chi connectivity index (χ3n) is 3.65. The molecule has 2 rings (SSSR count). The Bertz CT molecular complexity index is 604. The van der Waals surface area contributed by atoms with Crippen molar-refractivity contribution in [3.63, 3.8) is 0 Å². The smallest absolute Gasteiger partial charge is 0.293 e. The van der Waals surface area contributed by atoms with Gasteiger partial charge in [-0.2, -0.15) is 5.10 Å². The van der Waals surface area contributed by atoms with Gasteiger partial charge in [-0.1, -0.05) is 6.92 Å². The van der Waals surface area contributed by atoms with Gasteiger partial charge >= 0.3 is 5.69 Å². The molecule has 1 fully saturated rings. The molecule has 1 aromatic heterocycles. The molecule has 0 saturated carbocycles. The van der Waals surface area contributed by atoms with Gasteiger partial charge in [0.05, 0.1) is 17.0 Å². The van der Waals surface area contributed by atoms with Crippen LogP contribution >= 0.6 is 0 Å². The molecule has 0 aromatic carbocycles. The lowest BCUT2D eigenvalue weighted by atomic mass is 10.2. The summed E-state index contributed by atoms with van der Waals surface area (Å²) >= 11 is 0. The quantitative estimate of drug-likeness (QED) is 0.810. The predicted molar refractivity (Wildman–Crippen MR) is 71.6 cm³/mol. The number of nitrogens with one attached hydrogen (secondary N) is 1. The minimum atomic E-state index is -3.02. The summed E-state index contributed by atoms with van der Waals surface area (Å²) in [4.78, 5) is 16.0. The largest absolute Gasteiger partial charge is 0.343 e. The maximum Gasteiger partial charge on any atom is 0.343 e. The predicted octanol–water partition coefficient (Wildman–Crippen LogP) is -0.494. The number of hydrogen-bond acceptors (Lipinski definition) is 5. The van der Waals surface area contributed by atoms with Crippen LogP contribution in [0.5, 0.6) is 0 Å². The van der Waals surface area contributed by atoms with Gasteiger partial charge in [0.1, 0.15) is 5.82 Å². The summed E-state index contributed by atoms with van der Waals surface area (Å²) in [7, 11) is -1.44. The third-order valence-corrected chi connectivity index (χ3v) is 6.33. The van der Waals surface area contributed by atoms with Gasteiger partial charge in [0, 0.05) is 20.1 Å². The van der Waals surface area contributed by atoms with Crippen LogP contribution in [0.2, 0.25) is 0 Å². The second-order valence-corrected chi connectivity index (χ2v) is 7.77. The maximum atomic E-state index is 12.1. The molecular formula is C11H20N4O3S. The standard InChI is InChI=1S/C11H20N4O3S/c1-4-9-6-15(5-8(2)19(9,17)18)7-10-12-11(16)14(3)13-10/h8-9H,4-7H2,1-3H3,(H,12,13,16). The van der Waals surface area contributed by atoms with Crippen molar-refractivity contribution in [3.05, 3.63) is 16.3 Å². The van der Waals surface area contributed by atoms with Gasteiger partial charge in [-0.05, 0) is 13.3 Å². The van der Waals surface area contributed by atoms with Crippen molar-refractivity contribution in [3.8, 4) is 0 Å². The Balaban J connectivity index is 2.13. The average Bonchev–Trinajstić information content (AvgIpc) is 2.63. The van der Waals surface area contributed by atoms with E-state index in [2.05, 4.69) is 10.1 Å². The van der Waals surface area contributed by atoms with Crippen LogP contribution in [0.4, 0.5) is 0 Å². The van der Waals surface area contributed by atoms with Crippen molar-refractivity contribution in [2.75, 3.05) is 13.1 Å². The van der Waals surface area contributed by atoms with Crippen LogP contribution in [0.3, 0.4) is 0 Å². The van der Waals surface area contributed by atoms with Gasteiger partial charge in [0.2, 0.25) is 0 Å². The molecule has 0 aliphatic carbocycles. The maximum absolute atomic E-state index is 12.1. The zero-order valence-electron chi connectivity index (χ0n) is 11.5. The summed E-state index contributed by atoms with van der Waals surface area (Å²) in [6.07, 6.45) is 0.613. The molecule has 108 valence electrons. The molecular weight excluding hydrogens is 268 g/mol. The third kappa shape index (κ3) is 2.74. The van der Waals surface area contributed by atoms with Crippen molar-refractivity contribution in [2.45, 2.75) is 37.3 Å². The number of H-pyrrole nitrogens is 1. The summed E-state index contributed by atoms with van der Waals surface area (Å²) < 4.78 is 25.4. The molecule has 1 N–H and O–H groups in total. The Labute approximate surface area is 112 Å². The van der Waals surface area contributed by atoms with Crippen LogP contribution in [0, 0.1) is 0 Å². The van der Waals surface area contributed by atoms with Crippen molar-refractivity contribution < 1.29 is 8.42 Å². The van der Waals surface area contributed by atoms with Crippen molar-refractivity contribution >= 4 is 9.84 Å². The number of aryl methyl sites for hydroxylation is 1. The van der Waals surface area contributed by atoms with Crippen LogP contribution < -0.4 is 5.69 Å². The van der Waals surface area contributed by atoms with Crippen molar-refractivity contribution in [1.82, 2.24) is 19.7 Å². The topological polar surface area (TPSA) is 88.1 Å². The lowest BCUT2D eigenvalue weighted by molar-refractivity contribution is 0.241. The first-order chi connectivity index (χ1) is 8.84. The number of aromatic nitrogens is 3. The summed E-state index contributed by atoms with van der Waals surface area (Å²) in [5.41, 5.74) is -0.250. The first-order valence-corrected chi connectivity index (χ1v) is 8.02. The molecule has 2 atom stereocenters. The molecule has 1 aliphatic heterocycles. The molecule has 2 heterocycles. The molecule has 2 unspecified atom stereocenters. The van der Waals surface area contributed by atoms with E-state index in [-0.39, 0.29) is 16.2 Å². The molecule has 0 radical (unpaired) electrons. The summed E-state index contributed by atoms with van der Waals surface area (Å²) in [6.45, 7) is 5.10. The van der Waals surface area contributed by atoms with Crippen molar-refractivity contribution in [2.24, 2.45) is 7.05 Å². The number of hydrogen-bond donors (Lipinski definition) is 1. The summed E-state index contributed by atoms with van der Waals surface area (Å²) in [5, 5.41) is 3.37. The van der Waals surface area contributed by atoms with Gasteiger partial charge in [-0.25, -0.2) is 17.9 Å². The first kappa shape index (κ1) is 14.3. The fourth-order valence-electron chi connectivity index (χ4n) is 2.49. The summed E-state index contributed by atoms with van der Waals surface area (Å²) in [6, 6.07) is 0. The number of sulfone groups is 1. The monoisotopic (exact) mass is 288 g/mol. The minimum absolute atomic E-state index is 0.250. The van der Waals surface area contributed by atoms with Crippen LogP contribution in [-0.4, -0.2) is 51.7 Å². The molecule has 7 nitrogen and oxygen atoms in total. The van der Waals surface area contributed by atoms with E-state index in [0.29, 0.717) is 31.9 Å². The number of nitrogens with zero attached hydrogens (tertiary/aromatic N) is 3. The molecule has 1 aromatic rings. The van der Waals surface area contributed by atoms with Crippen LogP contribution in [0.1, 0.15) is 26.1 Å². The van der Waals surface area contributed by atoms with E-state index in [1.807, 2.05) is 11.8 Å². The highest BCUT2D eigenvalue weighted by atomic mass is 32.2. The minimum Gasteiger partial charge on any atom is -0.293 e. The Hall–Kier alpha value is -1.15. The molecule has 8 heteroatoms. The number of rotatable bonds is 3. The second-order valence-electron chi connectivity index (χ2n) is 5.12. The van der Waals surface area contributed by atoms with Crippen LogP contribution in [-0.2, 0) is 23.4 Å². The highest BCUT2D eigenvalue weighted by Gasteiger charge is 2.37.